The summed E-state index contributed by atoms with van der Waals surface area (Å²) < 4.78 is 0. The average molecular weight is 257 g/mol. The molecule has 1 aromatic heterocycles. The summed E-state index contributed by atoms with van der Waals surface area (Å²) in [5.41, 5.74) is 2.76. The van der Waals surface area contributed by atoms with Crippen LogP contribution in [0.2, 0.25) is 0 Å². The normalized spacial score (nSPS) is 10.9. The standard InChI is InChI=1S/C15H19N3O/c1-10(2)11-4-6-12(7-5-11)14-17-9-13(8-16-3)15(19)18-14/h4-7,9-10,16H,8H2,1-3H3,(H,17,18,19). The van der Waals surface area contributed by atoms with Gasteiger partial charge in [0.1, 0.15) is 5.82 Å². The van der Waals surface area contributed by atoms with Crippen LogP contribution in [0.5, 0.6) is 0 Å². The third-order valence-electron chi connectivity index (χ3n) is 3.09. The zero-order chi connectivity index (χ0) is 13.8. The maximum atomic E-state index is 11.8. The van der Waals surface area contributed by atoms with Gasteiger partial charge in [0.2, 0.25) is 0 Å². The highest BCUT2D eigenvalue weighted by Gasteiger charge is 2.05. The van der Waals surface area contributed by atoms with Crippen molar-refractivity contribution in [3.05, 3.63) is 51.9 Å². The number of nitrogens with one attached hydrogen (secondary N) is 2. The van der Waals surface area contributed by atoms with Gasteiger partial charge >= 0.3 is 0 Å². The van der Waals surface area contributed by atoms with Gasteiger partial charge in [0.05, 0.1) is 0 Å². The largest absolute Gasteiger partial charge is 0.315 e. The third-order valence-corrected chi connectivity index (χ3v) is 3.09. The molecule has 2 N–H and O–H groups in total. The Bertz CT molecular complexity index is 600. The quantitative estimate of drug-likeness (QED) is 0.883. The van der Waals surface area contributed by atoms with Crippen LogP contribution in [0.25, 0.3) is 11.4 Å². The van der Waals surface area contributed by atoms with E-state index in [-0.39, 0.29) is 5.56 Å². The van der Waals surface area contributed by atoms with Crippen LogP contribution in [0.15, 0.2) is 35.3 Å². The van der Waals surface area contributed by atoms with Crippen LogP contribution in [0, 0.1) is 0 Å². The van der Waals surface area contributed by atoms with Crippen molar-refractivity contribution in [1.29, 1.82) is 0 Å². The summed E-state index contributed by atoms with van der Waals surface area (Å²) in [6.45, 7) is 4.83. The van der Waals surface area contributed by atoms with Gasteiger partial charge in [0.25, 0.3) is 5.56 Å². The first kappa shape index (κ1) is 13.5. The van der Waals surface area contributed by atoms with Gasteiger partial charge in [-0.2, -0.15) is 0 Å². The predicted molar refractivity (Wildman–Crippen MR) is 77.1 cm³/mol. The molecule has 1 aromatic carbocycles. The number of rotatable bonds is 4. The molecule has 4 heteroatoms. The Kier molecular flexibility index (Phi) is 4.12. The van der Waals surface area contributed by atoms with Gasteiger partial charge in [-0.15, -0.1) is 0 Å². The fourth-order valence-electron chi connectivity index (χ4n) is 1.91. The second kappa shape index (κ2) is 5.80. The Morgan fingerprint density at radius 1 is 1.26 bits per heavy atom. The van der Waals surface area contributed by atoms with E-state index in [1.54, 1.807) is 13.2 Å². The minimum atomic E-state index is -0.0905. The maximum absolute atomic E-state index is 11.8. The second-order valence-corrected chi connectivity index (χ2v) is 4.89. The van der Waals surface area contributed by atoms with Crippen LogP contribution in [-0.4, -0.2) is 17.0 Å². The zero-order valence-corrected chi connectivity index (χ0v) is 11.5. The summed E-state index contributed by atoms with van der Waals surface area (Å²) in [5.74, 6) is 1.11. The first-order valence-electron chi connectivity index (χ1n) is 6.45. The van der Waals surface area contributed by atoms with E-state index in [0.717, 1.165) is 5.56 Å². The van der Waals surface area contributed by atoms with Crippen LogP contribution < -0.4 is 10.9 Å². The third kappa shape index (κ3) is 3.09. The highest BCUT2D eigenvalue weighted by molar-refractivity contribution is 5.55. The Hall–Kier alpha value is -1.94. The van der Waals surface area contributed by atoms with Gasteiger partial charge in [-0.3, -0.25) is 4.79 Å². The molecule has 0 aliphatic carbocycles. The SMILES string of the molecule is CNCc1cnc(-c2ccc(C(C)C)cc2)[nH]c1=O. The average Bonchev–Trinajstić information content (AvgIpc) is 2.41. The topological polar surface area (TPSA) is 57.8 Å². The van der Waals surface area contributed by atoms with Crippen molar-refractivity contribution in [2.24, 2.45) is 0 Å². The summed E-state index contributed by atoms with van der Waals surface area (Å²) >= 11 is 0. The number of hydrogen-bond donors (Lipinski definition) is 2. The van der Waals surface area contributed by atoms with Crippen molar-refractivity contribution in [3.63, 3.8) is 0 Å². The fourth-order valence-corrected chi connectivity index (χ4v) is 1.91. The molecular weight excluding hydrogens is 238 g/mol. The smallest absolute Gasteiger partial charge is 0.255 e. The lowest BCUT2D eigenvalue weighted by atomic mass is 10.0. The van der Waals surface area contributed by atoms with Crippen molar-refractivity contribution in [2.45, 2.75) is 26.3 Å². The van der Waals surface area contributed by atoms with Crippen molar-refractivity contribution in [2.75, 3.05) is 7.05 Å². The highest BCUT2D eigenvalue weighted by atomic mass is 16.1. The van der Waals surface area contributed by atoms with Gasteiger partial charge in [0, 0.05) is 23.9 Å². The second-order valence-electron chi connectivity index (χ2n) is 4.89. The molecule has 0 atom stereocenters. The molecule has 2 rings (SSSR count). The Morgan fingerprint density at radius 3 is 2.47 bits per heavy atom. The number of hydrogen-bond acceptors (Lipinski definition) is 3. The summed E-state index contributed by atoms with van der Waals surface area (Å²) in [5, 5.41) is 2.94. The lowest BCUT2D eigenvalue weighted by molar-refractivity contribution is 0.798. The van der Waals surface area contributed by atoms with Crippen LogP contribution >= 0.6 is 0 Å². The summed E-state index contributed by atoms with van der Waals surface area (Å²) in [4.78, 5) is 19.0. The van der Waals surface area contributed by atoms with Crippen molar-refractivity contribution >= 4 is 0 Å². The van der Waals surface area contributed by atoms with Crippen LogP contribution in [0.1, 0.15) is 30.9 Å². The number of nitrogens with zero attached hydrogens (tertiary/aromatic N) is 1. The molecule has 0 amide bonds. The van der Waals surface area contributed by atoms with Gasteiger partial charge in [0.15, 0.2) is 0 Å². The molecule has 0 aliphatic heterocycles. The molecule has 2 aromatic rings. The van der Waals surface area contributed by atoms with Gasteiger partial charge in [-0.05, 0) is 18.5 Å². The molecular formula is C15H19N3O. The predicted octanol–water partition coefficient (Wildman–Crippen LogP) is 2.28. The van der Waals surface area contributed by atoms with Gasteiger partial charge < -0.3 is 10.3 Å². The summed E-state index contributed by atoms with van der Waals surface area (Å²) in [7, 11) is 1.80. The van der Waals surface area contributed by atoms with E-state index in [0.29, 0.717) is 23.9 Å². The molecule has 19 heavy (non-hydrogen) atoms. The zero-order valence-electron chi connectivity index (χ0n) is 11.5. The van der Waals surface area contributed by atoms with Crippen molar-refractivity contribution in [1.82, 2.24) is 15.3 Å². The lowest BCUT2D eigenvalue weighted by Gasteiger charge is -2.07. The number of aromatic amines is 1. The van der Waals surface area contributed by atoms with Crippen molar-refractivity contribution in [3.8, 4) is 11.4 Å². The van der Waals surface area contributed by atoms with E-state index in [4.69, 9.17) is 0 Å². The first-order chi connectivity index (χ1) is 9.11. The molecule has 0 saturated heterocycles. The molecule has 0 radical (unpaired) electrons. The maximum Gasteiger partial charge on any atom is 0.255 e. The minimum absolute atomic E-state index is 0.0905. The van der Waals surface area contributed by atoms with E-state index < -0.39 is 0 Å². The van der Waals surface area contributed by atoms with Crippen molar-refractivity contribution < 1.29 is 0 Å². The molecule has 0 unspecified atom stereocenters. The first-order valence-corrected chi connectivity index (χ1v) is 6.45. The lowest BCUT2D eigenvalue weighted by Crippen LogP contribution is -2.19. The Labute approximate surface area is 112 Å². The number of aromatic nitrogens is 2. The van der Waals surface area contributed by atoms with Gasteiger partial charge in [-0.25, -0.2) is 4.98 Å². The summed E-state index contributed by atoms with van der Waals surface area (Å²) in [6.07, 6.45) is 1.63. The Balaban J connectivity index is 2.31. The van der Waals surface area contributed by atoms with E-state index in [1.807, 2.05) is 12.1 Å². The molecule has 0 fully saturated rings. The minimum Gasteiger partial charge on any atom is -0.315 e. The Morgan fingerprint density at radius 2 is 1.95 bits per heavy atom. The molecule has 0 spiro atoms. The summed E-state index contributed by atoms with van der Waals surface area (Å²) in [6, 6.07) is 8.12. The molecule has 0 aliphatic rings. The highest BCUT2D eigenvalue weighted by Crippen LogP contribution is 2.19. The number of benzene rings is 1. The van der Waals surface area contributed by atoms with Crippen LogP contribution in [-0.2, 0) is 6.54 Å². The van der Waals surface area contributed by atoms with Gasteiger partial charge in [-0.1, -0.05) is 38.1 Å². The fraction of sp³-hybridized carbons (Fsp3) is 0.333. The van der Waals surface area contributed by atoms with E-state index >= 15 is 0 Å². The molecule has 0 bridgehead atoms. The molecule has 1 heterocycles. The van der Waals surface area contributed by atoms with Crippen LogP contribution in [0.3, 0.4) is 0 Å². The van der Waals surface area contributed by atoms with Crippen LogP contribution in [0.4, 0.5) is 0 Å². The molecule has 4 nitrogen and oxygen atoms in total. The van der Waals surface area contributed by atoms with E-state index in [1.165, 1.54) is 5.56 Å². The van der Waals surface area contributed by atoms with E-state index in [2.05, 4.69) is 41.3 Å². The van der Waals surface area contributed by atoms with E-state index in [9.17, 15) is 4.79 Å². The molecule has 100 valence electrons. The monoisotopic (exact) mass is 257 g/mol. The number of H-pyrrole nitrogens is 1. The molecule has 0 saturated carbocycles.